The summed E-state index contributed by atoms with van der Waals surface area (Å²) in [5.74, 6) is 0.424. The number of amides is 2. The Balaban J connectivity index is 1.99. The normalized spacial score (nSPS) is 16.4. The monoisotopic (exact) mass is 368 g/mol. The van der Waals surface area contributed by atoms with Crippen molar-refractivity contribution in [2.45, 2.75) is 50.6 Å². The Kier molecular flexibility index (Phi) is 7.92. The first-order chi connectivity index (χ1) is 11.6. The smallest absolute Gasteiger partial charge is 0.253 e. The molecule has 24 heavy (non-hydrogen) atoms. The molecule has 2 amide bonds. The van der Waals surface area contributed by atoms with Crippen molar-refractivity contribution in [3.63, 3.8) is 0 Å². The molecule has 4 nitrogen and oxygen atoms in total. The maximum absolute atomic E-state index is 12.6. The van der Waals surface area contributed by atoms with Gasteiger partial charge in [0.15, 0.2) is 0 Å². The Bertz CT molecular complexity index is 562. The first kappa shape index (κ1) is 19.1. The highest BCUT2D eigenvalue weighted by molar-refractivity contribution is 7.98. The number of benzene rings is 1. The van der Waals surface area contributed by atoms with Crippen LogP contribution in [-0.2, 0) is 4.79 Å². The molecule has 1 unspecified atom stereocenters. The summed E-state index contributed by atoms with van der Waals surface area (Å²) >= 11 is 7.74. The number of carbonyl (C=O) groups is 2. The lowest BCUT2D eigenvalue weighted by Crippen LogP contribution is -2.50. The lowest BCUT2D eigenvalue weighted by Gasteiger charge is -2.26. The van der Waals surface area contributed by atoms with Crippen LogP contribution in [0.15, 0.2) is 24.3 Å². The van der Waals surface area contributed by atoms with Gasteiger partial charge < -0.3 is 10.6 Å². The highest BCUT2D eigenvalue weighted by atomic mass is 35.5. The molecule has 1 saturated carbocycles. The van der Waals surface area contributed by atoms with Crippen LogP contribution in [0.1, 0.15) is 48.9 Å². The lowest BCUT2D eigenvalue weighted by atomic mass is 9.95. The Morgan fingerprint density at radius 3 is 2.62 bits per heavy atom. The zero-order chi connectivity index (χ0) is 17.4. The molecule has 132 valence electrons. The fraction of sp³-hybridized carbons (Fsp3) is 0.556. The van der Waals surface area contributed by atoms with Crippen molar-refractivity contribution in [2.75, 3.05) is 12.0 Å². The molecule has 2 N–H and O–H groups in total. The average molecular weight is 369 g/mol. The first-order valence-corrected chi connectivity index (χ1v) is 10.2. The molecule has 0 radical (unpaired) electrons. The van der Waals surface area contributed by atoms with Crippen molar-refractivity contribution in [1.82, 2.24) is 10.6 Å². The molecule has 1 aromatic rings. The molecule has 0 aromatic heterocycles. The van der Waals surface area contributed by atoms with Gasteiger partial charge in [-0.3, -0.25) is 9.59 Å². The van der Waals surface area contributed by atoms with Gasteiger partial charge in [0.05, 0.1) is 10.6 Å². The maximum Gasteiger partial charge on any atom is 0.253 e. The Morgan fingerprint density at radius 2 is 1.96 bits per heavy atom. The van der Waals surface area contributed by atoms with Crippen LogP contribution in [0.2, 0.25) is 5.02 Å². The van der Waals surface area contributed by atoms with Gasteiger partial charge in [0.2, 0.25) is 5.91 Å². The van der Waals surface area contributed by atoms with E-state index in [-0.39, 0.29) is 17.9 Å². The van der Waals surface area contributed by atoms with Gasteiger partial charge in [0.25, 0.3) is 5.91 Å². The summed E-state index contributed by atoms with van der Waals surface area (Å²) in [6.45, 7) is 0. The van der Waals surface area contributed by atoms with Crippen molar-refractivity contribution >= 4 is 35.2 Å². The lowest BCUT2D eigenvalue weighted by molar-refractivity contribution is -0.123. The third-order valence-electron chi connectivity index (χ3n) is 4.30. The zero-order valence-electron chi connectivity index (χ0n) is 14.0. The minimum Gasteiger partial charge on any atom is -0.352 e. The van der Waals surface area contributed by atoms with Gasteiger partial charge in [-0.25, -0.2) is 0 Å². The van der Waals surface area contributed by atoms with Crippen LogP contribution < -0.4 is 10.6 Å². The molecule has 1 aliphatic carbocycles. The molecule has 0 heterocycles. The van der Waals surface area contributed by atoms with E-state index in [1.165, 1.54) is 6.42 Å². The second-order valence-electron chi connectivity index (χ2n) is 6.13. The molecular formula is C18H25ClN2O2S. The van der Waals surface area contributed by atoms with E-state index in [9.17, 15) is 9.59 Å². The van der Waals surface area contributed by atoms with Gasteiger partial charge >= 0.3 is 0 Å². The Labute approximate surface area is 153 Å². The Hall–Kier alpha value is -1.20. The van der Waals surface area contributed by atoms with Gasteiger partial charge in [0, 0.05) is 6.04 Å². The standard InChI is InChI=1S/C18H25ClN2O2S/c1-24-12-11-16(18(23)20-13-7-3-2-4-8-13)21-17(22)14-9-5-6-10-15(14)19/h5-6,9-10,13,16H,2-4,7-8,11-12H2,1H3,(H,20,23)(H,21,22). The number of rotatable bonds is 7. The molecule has 6 heteroatoms. The summed E-state index contributed by atoms with van der Waals surface area (Å²) in [6.07, 6.45) is 8.21. The molecule has 0 saturated heterocycles. The average Bonchev–Trinajstić information content (AvgIpc) is 2.59. The fourth-order valence-electron chi connectivity index (χ4n) is 2.93. The van der Waals surface area contributed by atoms with E-state index in [1.807, 2.05) is 6.26 Å². The zero-order valence-corrected chi connectivity index (χ0v) is 15.6. The molecule has 0 aliphatic heterocycles. The van der Waals surface area contributed by atoms with Gasteiger partial charge in [-0.2, -0.15) is 11.8 Å². The maximum atomic E-state index is 12.6. The van der Waals surface area contributed by atoms with Crippen molar-refractivity contribution in [1.29, 1.82) is 0 Å². The minimum atomic E-state index is -0.525. The number of carbonyl (C=O) groups excluding carboxylic acids is 2. The number of thioether (sulfide) groups is 1. The number of halogens is 1. The second kappa shape index (κ2) is 9.94. The number of hydrogen-bond acceptors (Lipinski definition) is 3. The van der Waals surface area contributed by atoms with Gasteiger partial charge in [-0.05, 0) is 43.4 Å². The largest absolute Gasteiger partial charge is 0.352 e. The van der Waals surface area contributed by atoms with Crippen LogP contribution in [-0.4, -0.2) is 35.9 Å². The quantitative estimate of drug-likeness (QED) is 0.772. The van der Waals surface area contributed by atoms with Crippen molar-refractivity contribution < 1.29 is 9.59 Å². The summed E-state index contributed by atoms with van der Waals surface area (Å²) in [7, 11) is 0. The van der Waals surface area contributed by atoms with Gasteiger partial charge in [-0.15, -0.1) is 0 Å². The third-order valence-corrected chi connectivity index (χ3v) is 5.28. The summed E-state index contributed by atoms with van der Waals surface area (Å²) in [5.41, 5.74) is 0.402. The summed E-state index contributed by atoms with van der Waals surface area (Å²) in [4.78, 5) is 25.1. The van der Waals surface area contributed by atoms with Crippen molar-refractivity contribution in [3.05, 3.63) is 34.9 Å². The van der Waals surface area contributed by atoms with Crippen LogP contribution in [0.3, 0.4) is 0 Å². The topological polar surface area (TPSA) is 58.2 Å². The highest BCUT2D eigenvalue weighted by Crippen LogP contribution is 2.18. The molecule has 1 fully saturated rings. The van der Waals surface area contributed by atoms with E-state index in [1.54, 1.807) is 36.0 Å². The molecule has 1 aromatic carbocycles. The van der Waals surface area contributed by atoms with E-state index >= 15 is 0 Å². The first-order valence-electron chi connectivity index (χ1n) is 8.46. The third kappa shape index (κ3) is 5.71. The molecule has 1 atom stereocenters. The summed E-state index contributed by atoms with van der Waals surface area (Å²) < 4.78 is 0. The molecule has 0 spiro atoms. The predicted molar refractivity (Wildman–Crippen MR) is 101 cm³/mol. The predicted octanol–water partition coefficient (Wildman–Crippen LogP) is 3.64. The molecular weight excluding hydrogens is 344 g/mol. The molecule has 1 aliphatic rings. The van der Waals surface area contributed by atoms with E-state index < -0.39 is 6.04 Å². The summed E-state index contributed by atoms with van der Waals surface area (Å²) in [5, 5.41) is 6.35. The van der Waals surface area contributed by atoms with Crippen molar-refractivity contribution in [3.8, 4) is 0 Å². The van der Waals surface area contributed by atoms with Crippen LogP contribution in [0.25, 0.3) is 0 Å². The van der Waals surface area contributed by atoms with Crippen LogP contribution in [0.4, 0.5) is 0 Å². The minimum absolute atomic E-state index is 0.0867. The van der Waals surface area contributed by atoms with Crippen LogP contribution >= 0.6 is 23.4 Å². The van der Waals surface area contributed by atoms with Gasteiger partial charge in [-0.1, -0.05) is 43.0 Å². The second-order valence-corrected chi connectivity index (χ2v) is 7.52. The van der Waals surface area contributed by atoms with E-state index in [0.717, 1.165) is 31.4 Å². The molecule has 2 rings (SSSR count). The van der Waals surface area contributed by atoms with Gasteiger partial charge in [0.1, 0.15) is 6.04 Å². The number of hydrogen-bond donors (Lipinski definition) is 2. The van der Waals surface area contributed by atoms with E-state index in [0.29, 0.717) is 17.0 Å². The SMILES string of the molecule is CSCCC(NC(=O)c1ccccc1Cl)C(=O)NC1CCCCC1. The summed E-state index contributed by atoms with van der Waals surface area (Å²) in [6, 6.07) is 6.60. The van der Waals surface area contributed by atoms with E-state index in [4.69, 9.17) is 11.6 Å². The fourth-order valence-corrected chi connectivity index (χ4v) is 3.63. The van der Waals surface area contributed by atoms with Crippen LogP contribution in [0, 0.1) is 0 Å². The van der Waals surface area contributed by atoms with E-state index in [2.05, 4.69) is 10.6 Å². The Morgan fingerprint density at radius 1 is 1.25 bits per heavy atom. The highest BCUT2D eigenvalue weighted by Gasteiger charge is 2.24. The van der Waals surface area contributed by atoms with Crippen molar-refractivity contribution in [2.24, 2.45) is 0 Å². The number of nitrogens with one attached hydrogen (secondary N) is 2. The van der Waals surface area contributed by atoms with Crippen LogP contribution in [0.5, 0.6) is 0 Å². The molecule has 0 bridgehead atoms.